The summed E-state index contributed by atoms with van der Waals surface area (Å²) in [5, 5.41) is 9.51. The number of aryl methyl sites for hydroxylation is 2. The van der Waals surface area contributed by atoms with E-state index >= 15 is 0 Å². The van der Waals surface area contributed by atoms with Gasteiger partial charge >= 0.3 is 5.97 Å². The summed E-state index contributed by atoms with van der Waals surface area (Å²) in [4.78, 5) is 11.6. The van der Waals surface area contributed by atoms with Crippen LogP contribution in [0.15, 0.2) is 36.4 Å². The molecule has 0 aliphatic heterocycles. The van der Waals surface area contributed by atoms with Crippen LogP contribution in [0.1, 0.15) is 16.7 Å². The summed E-state index contributed by atoms with van der Waals surface area (Å²) in [7, 11) is 3.11. The Morgan fingerprint density at radius 1 is 1.00 bits per heavy atom. The summed E-state index contributed by atoms with van der Waals surface area (Å²) >= 11 is 0. The van der Waals surface area contributed by atoms with Gasteiger partial charge in [0.2, 0.25) is 0 Å². The van der Waals surface area contributed by atoms with Crippen LogP contribution in [0.5, 0.6) is 17.2 Å². The molecule has 128 valence electrons. The van der Waals surface area contributed by atoms with Crippen LogP contribution in [-0.2, 0) is 11.2 Å². The predicted molar refractivity (Wildman–Crippen MR) is 91.2 cm³/mol. The number of hydrogen-bond donors (Lipinski definition) is 1. The van der Waals surface area contributed by atoms with Crippen molar-refractivity contribution in [2.45, 2.75) is 26.4 Å². The van der Waals surface area contributed by atoms with E-state index in [1.807, 2.05) is 32.0 Å². The van der Waals surface area contributed by atoms with Gasteiger partial charge in [0.25, 0.3) is 0 Å². The number of carboxylic acid groups (broad SMARTS) is 1. The van der Waals surface area contributed by atoms with Gasteiger partial charge in [-0.05, 0) is 48.7 Å². The molecule has 1 atom stereocenters. The third kappa shape index (κ3) is 4.41. The van der Waals surface area contributed by atoms with Gasteiger partial charge in [0.1, 0.15) is 17.2 Å². The molecule has 0 saturated carbocycles. The molecule has 5 heteroatoms. The highest BCUT2D eigenvalue weighted by Crippen LogP contribution is 2.27. The van der Waals surface area contributed by atoms with E-state index < -0.39 is 12.1 Å². The highest BCUT2D eigenvalue weighted by Gasteiger charge is 2.22. The summed E-state index contributed by atoms with van der Waals surface area (Å²) in [6.07, 6.45) is -0.816. The molecule has 0 heterocycles. The van der Waals surface area contributed by atoms with E-state index in [-0.39, 0.29) is 6.42 Å². The van der Waals surface area contributed by atoms with E-state index in [4.69, 9.17) is 14.2 Å². The number of ether oxygens (including phenoxy) is 3. The molecule has 0 unspecified atom stereocenters. The van der Waals surface area contributed by atoms with Crippen molar-refractivity contribution < 1.29 is 24.1 Å². The Balaban J connectivity index is 2.24. The van der Waals surface area contributed by atoms with E-state index in [9.17, 15) is 9.90 Å². The first-order chi connectivity index (χ1) is 11.4. The first-order valence-corrected chi connectivity index (χ1v) is 7.61. The van der Waals surface area contributed by atoms with Crippen molar-refractivity contribution in [3.63, 3.8) is 0 Å². The Kier molecular flexibility index (Phi) is 5.68. The number of carbonyl (C=O) groups is 1. The highest BCUT2D eigenvalue weighted by molar-refractivity contribution is 5.73. The van der Waals surface area contributed by atoms with Gasteiger partial charge in [0.15, 0.2) is 6.10 Å². The minimum atomic E-state index is -1.02. The third-order valence-electron chi connectivity index (χ3n) is 3.65. The average Bonchev–Trinajstić information content (AvgIpc) is 2.53. The molecule has 0 spiro atoms. The van der Waals surface area contributed by atoms with Gasteiger partial charge in [-0.1, -0.05) is 12.1 Å². The number of methoxy groups -OCH3 is 2. The van der Waals surface area contributed by atoms with Gasteiger partial charge < -0.3 is 19.3 Å². The zero-order valence-corrected chi connectivity index (χ0v) is 14.3. The van der Waals surface area contributed by atoms with E-state index in [1.54, 1.807) is 32.4 Å². The molecule has 0 aromatic heterocycles. The number of aliphatic carboxylic acids is 1. The molecule has 0 fully saturated rings. The first kappa shape index (κ1) is 17.7. The Morgan fingerprint density at radius 2 is 1.67 bits per heavy atom. The minimum absolute atomic E-state index is 0.190. The lowest BCUT2D eigenvalue weighted by atomic mass is 10.1. The summed E-state index contributed by atoms with van der Waals surface area (Å²) in [6, 6.07) is 11.0. The lowest BCUT2D eigenvalue weighted by Gasteiger charge is -2.18. The fourth-order valence-electron chi connectivity index (χ4n) is 2.56. The predicted octanol–water partition coefficient (Wildman–Crippen LogP) is 3.40. The molecule has 2 rings (SSSR count). The van der Waals surface area contributed by atoms with Crippen LogP contribution >= 0.6 is 0 Å². The van der Waals surface area contributed by atoms with Gasteiger partial charge in [-0.2, -0.15) is 0 Å². The molecule has 0 bridgehead atoms. The van der Waals surface area contributed by atoms with Gasteiger partial charge in [0.05, 0.1) is 14.2 Å². The summed E-state index contributed by atoms with van der Waals surface area (Å²) in [5.41, 5.74) is 2.79. The quantitative estimate of drug-likeness (QED) is 0.843. The Hall–Kier alpha value is -2.69. The standard InChI is InChI=1S/C19H22O5/c1-12-7-13(2)9-16(8-12)24-18(19(20)21)10-14-5-6-15(22-3)11-17(14)23-4/h5-9,11,18H,10H2,1-4H3,(H,20,21)/t18-/m0/s1. The molecule has 2 aromatic carbocycles. The van der Waals surface area contributed by atoms with Gasteiger partial charge in [0, 0.05) is 12.5 Å². The maximum absolute atomic E-state index is 11.6. The molecular formula is C19H22O5. The van der Waals surface area contributed by atoms with Gasteiger partial charge in [-0.3, -0.25) is 0 Å². The molecule has 5 nitrogen and oxygen atoms in total. The first-order valence-electron chi connectivity index (χ1n) is 7.61. The van der Waals surface area contributed by atoms with Crippen molar-refractivity contribution in [3.8, 4) is 17.2 Å². The van der Waals surface area contributed by atoms with E-state index in [1.165, 1.54) is 0 Å². The van der Waals surface area contributed by atoms with Gasteiger partial charge in [-0.15, -0.1) is 0 Å². The van der Waals surface area contributed by atoms with Crippen LogP contribution in [0, 0.1) is 13.8 Å². The van der Waals surface area contributed by atoms with Crippen LogP contribution in [-0.4, -0.2) is 31.4 Å². The maximum Gasteiger partial charge on any atom is 0.345 e. The summed E-state index contributed by atoms with van der Waals surface area (Å²) in [6.45, 7) is 3.89. The van der Waals surface area contributed by atoms with Crippen LogP contribution in [0.25, 0.3) is 0 Å². The number of hydrogen-bond acceptors (Lipinski definition) is 4. The zero-order chi connectivity index (χ0) is 17.7. The number of rotatable bonds is 7. The van der Waals surface area contributed by atoms with Crippen molar-refractivity contribution in [3.05, 3.63) is 53.1 Å². The van der Waals surface area contributed by atoms with Crippen LogP contribution in [0.4, 0.5) is 0 Å². The van der Waals surface area contributed by atoms with Crippen LogP contribution in [0.3, 0.4) is 0 Å². The van der Waals surface area contributed by atoms with Crippen molar-refractivity contribution in [1.29, 1.82) is 0 Å². The molecule has 2 aromatic rings. The Morgan fingerprint density at radius 3 is 2.21 bits per heavy atom. The SMILES string of the molecule is COc1ccc(C[C@H](Oc2cc(C)cc(C)c2)C(=O)O)c(OC)c1. The number of benzene rings is 2. The monoisotopic (exact) mass is 330 g/mol. The van der Waals surface area contributed by atoms with E-state index in [0.717, 1.165) is 16.7 Å². The van der Waals surface area contributed by atoms with E-state index in [2.05, 4.69) is 0 Å². The lowest BCUT2D eigenvalue weighted by molar-refractivity contribution is -0.145. The van der Waals surface area contributed by atoms with E-state index in [0.29, 0.717) is 17.2 Å². The maximum atomic E-state index is 11.6. The lowest BCUT2D eigenvalue weighted by Crippen LogP contribution is -2.29. The molecular weight excluding hydrogens is 308 g/mol. The molecule has 0 amide bonds. The van der Waals surface area contributed by atoms with Crippen molar-refractivity contribution in [2.24, 2.45) is 0 Å². The summed E-state index contributed by atoms with van der Waals surface area (Å²) in [5.74, 6) is 0.752. The largest absolute Gasteiger partial charge is 0.497 e. The fraction of sp³-hybridized carbons (Fsp3) is 0.316. The molecule has 24 heavy (non-hydrogen) atoms. The van der Waals surface area contributed by atoms with Crippen molar-refractivity contribution in [1.82, 2.24) is 0 Å². The van der Waals surface area contributed by atoms with Crippen molar-refractivity contribution >= 4 is 5.97 Å². The highest BCUT2D eigenvalue weighted by atomic mass is 16.5. The zero-order valence-electron chi connectivity index (χ0n) is 14.3. The van der Waals surface area contributed by atoms with Gasteiger partial charge in [-0.25, -0.2) is 4.79 Å². The van der Waals surface area contributed by atoms with Crippen molar-refractivity contribution in [2.75, 3.05) is 14.2 Å². The molecule has 0 aliphatic rings. The third-order valence-corrected chi connectivity index (χ3v) is 3.65. The van der Waals surface area contributed by atoms with Crippen LogP contribution < -0.4 is 14.2 Å². The smallest absolute Gasteiger partial charge is 0.345 e. The summed E-state index contributed by atoms with van der Waals surface area (Å²) < 4.78 is 16.2. The minimum Gasteiger partial charge on any atom is -0.497 e. The molecule has 0 aliphatic carbocycles. The number of carboxylic acids is 1. The topological polar surface area (TPSA) is 65.0 Å². The second-order valence-electron chi connectivity index (χ2n) is 5.65. The molecule has 0 saturated heterocycles. The Labute approximate surface area is 141 Å². The fourth-order valence-corrected chi connectivity index (χ4v) is 2.56. The average molecular weight is 330 g/mol. The second kappa shape index (κ2) is 7.73. The second-order valence-corrected chi connectivity index (χ2v) is 5.65. The molecule has 0 radical (unpaired) electrons. The van der Waals surface area contributed by atoms with Crippen LogP contribution in [0.2, 0.25) is 0 Å². The molecule has 1 N–H and O–H groups in total. The Bertz CT molecular complexity index is 703. The normalized spacial score (nSPS) is 11.7.